The molecule has 2 rings (SSSR count). The SMILES string of the molecule is Cc1c(CNc2ccc(C(N)=S)c(Br)c2F)cnn1C. The molecule has 106 valence electrons. The quantitative estimate of drug-likeness (QED) is 0.827. The topological polar surface area (TPSA) is 55.9 Å². The van der Waals surface area contributed by atoms with Crippen molar-refractivity contribution in [2.75, 3.05) is 5.32 Å². The van der Waals surface area contributed by atoms with E-state index >= 15 is 0 Å². The van der Waals surface area contributed by atoms with Gasteiger partial charge in [-0.05, 0) is 35.0 Å². The zero-order valence-corrected chi connectivity index (χ0v) is 13.5. The van der Waals surface area contributed by atoms with Crippen molar-refractivity contribution in [1.29, 1.82) is 0 Å². The lowest BCUT2D eigenvalue weighted by Gasteiger charge is -2.11. The number of halogens is 2. The summed E-state index contributed by atoms with van der Waals surface area (Å²) in [4.78, 5) is 0.158. The monoisotopic (exact) mass is 356 g/mol. The molecule has 0 bridgehead atoms. The van der Waals surface area contributed by atoms with Gasteiger partial charge in [-0.25, -0.2) is 4.39 Å². The van der Waals surface area contributed by atoms with Gasteiger partial charge in [0.05, 0.1) is 16.4 Å². The van der Waals surface area contributed by atoms with Crippen molar-refractivity contribution in [3.05, 3.63) is 45.4 Å². The van der Waals surface area contributed by atoms with Crippen molar-refractivity contribution >= 4 is 38.8 Å². The fraction of sp³-hybridized carbons (Fsp3) is 0.231. The Morgan fingerprint density at radius 1 is 1.55 bits per heavy atom. The number of nitrogens with zero attached hydrogens (tertiary/aromatic N) is 2. The normalized spacial score (nSPS) is 10.6. The Hall–Kier alpha value is -1.47. The van der Waals surface area contributed by atoms with Crippen LogP contribution in [0.2, 0.25) is 0 Å². The first-order valence-corrected chi connectivity index (χ1v) is 7.11. The summed E-state index contributed by atoms with van der Waals surface area (Å²) in [6.45, 7) is 2.46. The number of hydrogen-bond acceptors (Lipinski definition) is 3. The number of nitrogens with two attached hydrogens (primary N) is 1. The highest BCUT2D eigenvalue weighted by molar-refractivity contribution is 9.10. The van der Waals surface area contributed by atoms with Crippen LogP contribution in [-0.4, -0.2) is 14.8 Å². The van der Waals surface area contributed by atoms with Gasteiger partial charge in [-0.2, -0.15) is 5.10 Å². The number of aryl methyl sites for hydroxylation is 1. The van der Waals surface area contributed by atoms with Crippen molar-refractivity contribution in [2.45, 2.75) is 13.5 Å². The zero-order chi connectivity index (χ0) is 14.9. The van der Waals surface area contributed by atoms with Crippen molar-refractivity contribution < 1.29 is 4.39 Å². The average molecular weight is 357 g/mol. The second kappa shape index (κ2) is 5.88. The lowest BCUT2D eigenvalue weighted by Crippen LogP contribution is -2.12. The third kappa shape index (κ3) is 2.83. The molecule has 0 saturated carbocycles. The number of thiocarbonyl (C=S) groups is 1. The minimum atomic E-state index is -0.406. The van der Waals surface area contributed by atoms with Crippen molar-refractivity contribution in [1.82, 2.24) is 9.78 Å². The van der Waals surface area contributed by atoms with E-state index in [1.807, 2.05) is 14.0 Å². The van der Waals surface area contributed by atoms with E-state index in [0.29, 0.717) is 17.8 Å². The van der Waals surface area contributed by atoms with Crippen molar-refractivity contribution in [3.8, 4) is 0 Å². The second-order valence-electron chi connectivity index (χ2n) is 4.39. The van der Waals surface area contributed by atoms with Gasteiger partial charge in [0.1, 0.15) is 4.99 Å². The standard InChI is InChI=1S/C13H14BrFN4S/c1-7-8(6-18-19(7)2)5-17-10-4-3-9(13(16)20)11(14)12(10)15/h3-4,6,17H,5H2,1-2H3,(H2,16,20). The summed E-state index contributed by atoms with van der Waals surface area (Å²) >= 11 is 8.04. The maximum absolute atomic E-state index is 14.2. The molecule has 0 aliphatic rings. The van der Waals surface area contributed by atoms with Gasteiger partial charge in [0, 0.05) is 30.4 Å². The highest BCUT2D eigenvalue weighted by atomic mass is 79.9. The van der Waals surface area contributed by atoms with E-state index in [1.54, 1.807) is 23.0 Å². The zero-order valence-electron chi connectivity index (χ0n) is 11.1. The Labute approximate surface area is 130 Å². The van der Waals surface area contributed by atoms with Gasteiger partial charge in [0.15, 0.2) is 5.82 Å². The summed E-state index contributed by atoms with van der Waals surface area (Å²) in [7, 11) is 1.87. The molecular formula is C13H14BrFN4S. The highest BCUT2D eigenvalue weighted by Crippen LogP contribution is 2.27. The number of benzene rings is 1. The summed E-state index contributed by atoms with van der Waals surface area (Å²) < 4.78 is 16.2. The summed E-state index contributed by atoms with van der Waals surface area (Å²) in [6.07, 6.45) is 1.76. The van der Waals surface area contributed by atoms with Crippen molar-refractivity contribution in [2.24, 2.45) is 12.8 Å². The first-order valence-electron chi connectivity index (χ1n) is 5.91. The Morgan fingerprint density at radius 3 is 2.80 bits per heavy atom. The molecule has 0 fully saturated rings. The molecule has 2 aromatic rings. The summed E-state index contributed by atoms with van der Waals surface area (Å²) in [5, 5.41) is 7.19. The van der Waals surface area contributed by atoms with Crippen LogP contribution in [0, 0.1) is 12.7 Å². The number of hydrogen-bond donors (Lipinski definition) is 2. The van der Waals surface area contributed by atoms with Crippen LogP contribution in [0.25, 0.3) is 0 Å². The van der Waals surface area contributed by atoms with Crippen LogP contribution in [0.3, 0.4) is 0 Å². The predicted octanol–water partition coefficient (Wildman–Crippen LogP) is 2.88. The molecule has 0 unspecified atom stereocenters. The molecule has 20 heavy (non-hydrogen) atoms. The minimum Gasteiger partial charge on any atom is -0.389 e. The maximum atomic E-state index is 14.2. The molecule has 0 aliphatic heterocycles. The Balaban J connectivity index is 2.21. The number of aromatic nitrogens is 2. The van der Waals surface area contributed by atoms with Gasteiger partial charge >= 0.3 is 0 Å². The van der Waals surface area contributed by atoms with Gasteiger partial charge < -0.3 is 11.1 Å². The van der Waals surface area contributed by atoms with Gasteiger partial charge in [-0.3, -0.25) is 4.68 Å². The fourth-order valence-corrected chi connectivity index (χ4v) is 2.65. The Bertz CT molecular complexity index is 669. The first kappa shape index (κ1) is 14.9. The van der Waals surface area contributed by atoms with E-state index in [9.17, 15) is 4.39 Å². The molecule has 1 aromatic carbocycles. The van der Waals surface area contributed by atoms with Crippen LogP contribution in [0.4, 0.5) is 10.1 Å². The van der Waals surface area contributed by atoms with Crippen LogP contribution < -0.4 is 11.1 Å². The fourth-order valence-electron chi connectivity index (χ4n) is 1.78. The molecule has 1 heterocycles. The average Bonchev–Trinajstić information content (AvgIpc) is 2.71. The molecule has 7 heteroatoms. The van der Waals surface area contributed by atoms with Crippen molar-refractivity contribution in [3.63, 3.8) is 0 Å². The van der Waals surface area contributed by atoms with E-state index in [0.717, 1.165) is 11.3 Å². The predicted molar refractivity (Wildman–Crippen MR) is 85.3 cm³/mol. The molecule has 0 amide bonds. The molecule has 3 N–H and O–H groups in total. The van der Waals surface area contributed by atoms with E-state index in [1.165, 1.54) is 0 Å². The van der Waals surface area contributed by atoms with Crippen LogP contribution in [0.1, 0.15) is 16.8 Å². The molecular weight excluding hydrogens is 343 g/mol. The van der Waals surface area contributed by atoms with Crippen LogP contribution in [0.5, 0.6) is 0 Å². The third-order valence-corrected chi connectivity index (χ3v) is 4.15. The summed E-state index contributed by atoms with van der Waals surface area (Å²) in [5.74, 6) is -0.406. The van der Waals surface area contributed by atoms with Crippen LogP contribution in [-0.2, 0) is 13.6 Å². The summed E-state index contributed by atoms with van der Waals surface area (Å²) in [5.41, 5.74) is 8.45. The minimum absolute atomic E-state index is 0.158. The molecule has 4 nitrogen and oxygen atoms in total. The smallest absolute Gasteiger partial charge is 0.161 e. The Morgan fingerprint density at radius 2 is 2.25 bits per heavy atom. The molecule has 0 saturated heterocycles. The van der Waals surface area contributed by atoms with E-state index in [4.69, 9.17) is 18.0 Å². The highest BCUT2D eigenvalue weighted by Gasteiger charge is 2.13. The second-order valence-corrected chi connectivity index (χ2v) is 5.62. The molecule has 1 aromatic heterocycles. The lowest BCUT2D eigenvalue weighted by molar-refractivity contribution is 0.623. The summed E-state index contributed by atoms with van der Waals surface area (Å²) in [6, 6.07) is 3.31. The van der Waals surface area contributed by atoms with Gasteiger partial charge in [0.25, 0.3) is 0 Å². The van der Waals surface area contributed by atoms with E-state index in [-0.39, 0.29) is 9.46 Å². The Kier molecular flexibility index (Phi) is 4.39. The van der Waals surface area contributed by atoms with Gasteiger partial charge in [0.2, 0.25) is 0 Å². The third-order valence-electron chi connectivity index (χ3n) is 3.15. The van der Waals surface area contributed by atoms with Gasteiger partial charge in [-0.1, -0.05) is 12.2 Å². The first-order chi connectivity index (χ1) is 9.41. The van der Waals surface area contributed by atoms with E-state index in [2.05, 4.69) is 26.3 Å². The maximum Gasteiger partial charge on any atom is 0.161 e. The van der Waals surface area contributed by atoms with Crippen LogP contribution in [0.15, 0.2) is 22.8 Å². The molecule has 0 spiro atoms. The number of nitrogens with one attached hydrogen (secondary N) is 1. The van der Waals surface area contributed by atoms with Gasteiger partial charge in [-0.15, -0.1) is 0 Å². The molecule has 0 aliphatic carbocycles. The molecule has 0 radical (unpaired) electrons. The largest absolute Gasteiger partial charge is 0.389 e. The number of anilines is 1. The lowest BCUT2D eigenvalue weighted by atomic mass is 10.2. The molecule has 0 atom stereocenters. The van der Waals surface area contributed by atoms with Crippen LogP contribution >= 0.6 is 28.1 Å². The van der Waals surface area contributed by atoms with E-state index < -0.39 is 5.82 Å². The number of rotatable bonds is 4.